The number of nitro benzene ring substituents is 1. The molecule has 0 saturated carbocycles. The standard InChI is InChI=1S/C20H13F3N2O6S/c21-20(22,23)12-2-1-3-14(8-12)31-19-17(24-15(26)9-16(24)32-19)18(27)30-10-11-4-6-13(7-5-11)25(28)29/h1-8,16H,9-10H2. The number of carbonyl (C=O) groups is 2. The Morgan fingerprint density at radius 3 is 2.56 bits per heavy atom. The number of alkyl halides is 3. The number of esters is 1. The van der Waals surface area contributed by atoms with Gasteiger partial charge in [-0.2, -0.15) is 13.2 Å². The van der Waals surface area contributed by atoms with E-state index in [1.807, 2.05) is 0 Å². The minimum atomic E-state index is -4.57. The molecular formula is C20H13F3N2O6S. The van der Waals surface area contributed by atoms with Gasteiger partial charge in [0, 0.05) is 12.1 Å². The molecule has 4 rings (SSSR count). The molecule has 0 bridgehead atoms. The SMILES string of the molecule is O=C(OCc1ccc([N+](=O)[O-])cc1)C1=C(Oc2cccc(C(F)(F)F)c2)SC2CC(=O)N12. The molecule has 0 spiro atoms. The lowest BCUT2D eigenvalue weighted by Gasteiger charge is -2.33. The molecule has 1 saturated heterocycles. The quantitative estimate of drug-likeness (QED) is 0.272. The van der Waals surface area contributed by atoms with E-state index in [9.17, 15) is 32.9 Å². The number of ether oxygens (including phenoxy) is 2. The number of thioether (sulfide) groups is 1. The lowest BCUT2D eigenvalue weighted by Crippen LogP contribution is -2.48. The number of hydrogen-bond donors (Lipinski definition) is 0. The van der Waals surface area contributed by atoms with E-state index in [1.165, 1.54) is 41.3 Å². The number of carbonyl (C=O) groups excluding carboxylic acids is 2. The molecule has 1 unspecified atom stereocenters. The molecule has 1 fully saturated rings. The van der Waals surface area contributed by atoms with E-state index >= 15 is 0 Å². The van der Waals surface area contributed by atoms with Crippen LogP contribution in [0.25, 0.3) is 0 Å². The molecule has 0 aromatic heterocycles. The van der Waals surface area contributed by atoms with Crippen molar-refractivity contribution in [3.05, 3.63) is 80.6 Å². The molecule has 8 nitrogen and oxygen atoms in total. The van der Waals surface area contributed by atoms with Crippen molar-refractivity contribution in [3.63, 3.8) is 0 Å². The zero-order valence-corrected chi connectivity index (χ0v) is 16.8. The molecule has 32 heavy (non-hydrogen) atoms. The first kappa shape index (κ1) is 21.7. The van der Waals surface area contributed by atoms with Crippen LogP contribution in [0.15, 0.2) is 59.3 Å². The first-order chi connectivity index (χ1) is 15.1. The summed E-state index contributed by atoms with van der Waals surface area (Å²) in [7, 11) is 0. The smallest absolute Gasteiger partial charge is 0.416 e. The first-order valence-corrected chi connectivity index (χ1v) is 10.00. The Kier molecular flexibility index (Phi) is 5.55. The highest BCUT2D eigenvalue weighted by atomic mass is 32.2. The molecule has 1 amide bonds. The third-order valence-corrected chi connectivity index (χ3v) is 5.81. The van der Waals surface area contributed by atoms with Crippen molar-refractivity contribution in [3.8, 4) is 5.75 Å². The van der Waals surface area contributed by atoms with Gasteiger partial charge in [-0.3, -0.25) is 19.8 Å². The molecular weight excluding hydrogens is 453 g/mol. The van der Waals surface area contributed by atoms with Gasteiger partial charge >= 0.3 is 12.1 Å². The minimum absolute atomic E-state index is 0.0334. The topological polar surface area (TPSA) is 99.0 Å². The predicted octanol–water partition coefficient (Wildman–Crippen LogP) is 4.21. The molecule has 2 aromatic carbocycles. The van der Waals surface area contributed by atoms with E-state index in [-0.39, 0.29) is 41.2 Å². The van der Waals surface area contributed by atoms with Crippen LogP contribution in [0.3, 0.4) is 0 Å². The van der Waals surface area contributed by atoms with Crippen LogP contribution in [0.4, 0.5) is 18.9 Å². The highest BCUT2D eigenvalue weighted by Crippen LogP contribution is 2.47. The maximum atomic E-state index is 13.0. The summed E-state index contributed by atoms with van der Waals surface area (Å²) in [6.45, 7) is -0.228. The monoisotopic (exact) mass is 466 g/mol. The van der Waals surface area contributed by atoms with Gasteiger partial charge in [-0.05, 0) is 35.9 Å². The van der Waals surface area contributed by atoms with Gasteiger partial charge in [-0.25, -0.2) is 4.79 Å². The lowest BCUT2D eigenvalue weighted by molar-refractivity contribution is -0.384. The maximum absolute atomic E-state index is 13.0. The van der Waals surface area contributed by atoms with E-state index in [0.717, 1.165) is 23.9 Å². The zero-order valence-electron chi connectivity index (χ0n) is 16.0. The summed E-state index contributed by atoms with van der Waals surface area (Å²) in [5.41, 5.74) is -0.751. The second-order valence-corrected chi connectivity index (χ2v) is 7.95. The van der Waals surface area contributed by atoms with E-state index in [2.05, 4.69) is 0 Å². The van der Waals surface area contributed by atoms with Gasteiger partial charge in [0.2, 0.25) is 5.91 Å². The van der Waals surface area contributed by atoms with Crippen molar-refractivity contribution in [2.24, 2.45) is 0 Å². The van der Waals surface area contributed by atoms with Crippen molar-refractivity contribution in [1.29, 1.82) is 0 Å². The number of benzene rings is 2. The second-order valence-electron chi connectivity index (χ2n) is 6.80. The summed E-state index contributed by atoms with van der Waals surface area (Å²) in [4.78, 5) is 36.0. The van der Waals surface area contributed by atoms with Crippen molar-refractivity contribution in [2.45, 2.75) is 24.6 Å². The summed E-state index contributed by atoms with van der Waals surface area (Å²) in [5.74, 6) is -1.38. The fourth-order valence-electron chi connectivity index (χ4n) is 3.06. The Balaban J connectivity index is 1.53. The summed E-state index contributed by atoms with van der Waals surface area (Å²) in [6, 6.07) is 9.51. The Morgan fingerprint density at radius 1 is 1.22 bits per heavy atom. The molecule has 2 aromatic rings. The largest absolute Gasteiger partial charge is 0.456 e. The average Bonchev–Trinajstić information content (AvgIpc) is 3.03. The molecule has 2 aliphatic heterocycles. The van der Waals surface area contributed by atoms with E-state index in [0.29, 0.717) is 5.56 Å². The molecule has 2 heterocycles. The van der Waals surface area contributed by atoms with Gasteiger partial charge in [0.15, 0.2) is 10.8 Å². The summed E-state index contributed by atoms with van der Waals surface area (Å²) >= 11 is 1.04. The number of β-lactam (4-membered cyclic amide) rings is 1. The molecule has 12 heteroatoms. The van der Waals surface area contributed by atoms with Crippen molar-refractivity contribution < 1.29 is 37.2 Å². The van der Waals surface area contributed by atoms with Crippen LogP contribution in [0.1, 0.15) is 17.5 Å². The number of hydrogen-bond acceptors (Lipinski definition) is 7. The fraction of sp³-hybridized carbons (Fsp3) is 0.200. The van der Waals surface area contributed by atoms with E-state index < -0.39 is 28.0 Å². The van der Waals surface area contributed by atoms with E-state index in [4.69, 9.17) is 9.47 Å². The third-order valence-electron chi connectivity index (χ3n) is 4.67. The first-order valence-electron chi connectivity index (χ1n) is 9.12. The molecule has 0 aliphatic carbocycles. The van der Waals surface area contributed by atoms with E-state index in [1.54, 1.807) is 0 Å². The summed E-state index contributed by atoms with van der Waals surface area (Å²) < 4.78 is 49.7. The molecule has 166 valence electrons. The molecule has 1 atom stereocenters. The number of rotatable bonds is 6. The lowest BCUT2D eigenvalue weighted by atomic mass is 10.2. The van der Waals surface area contributed by atoms with Crippen molar-refractivity contribution in [1.82, 2.24) is 4.90 Å². The predicted molar refractivity (Wildman–Crippen MR) is 105 cm³/mol. The zero-order chi connectivity index (χ0) is 23.0. The van der Waals surface area contributed by atoms with Crippen LogP contribution in [0, 0.1) is 10.1 Å². The normalized spacial score (nSPS) is 17.7. The van der Waals surface area contributed by atoms with Gasteiger partial charge in [0.1, 0.15) is 12.4 Å². The Bertz CT molecular complexity index is 1130. The Hall–Kier alpha value is -3.54. The van der Waals surface area contributed by atoms with Crippen LogP contribution in [0.2, 0.25) is 0 Å². The molecule has 2 aliphatic rings. The Morgan fingerprint density at radius 2 is 1.94 bits per heavy atom. The highest BCUT2D eigenvalue weighted by Gasteiger charge is 2.50. The number of fused-ring (bicyclic) bond motifs is 1. The number of halogens is 3. The molecule has 0 N–H and O–H groups in total. The fourth-order valence-corrected chi connectivity index (χ4v) is 4.30. The van der Waals surface area contributed by atoms with Crippen LogP contribution in [-0.2, 0) is 27.1 Å². The van der Waals surface area contributed by atoms with Crippen LogP contribution >= 0.6 is 11.8 Å². The third kappa shape index (κ3) is 4.26. The van der Waals surface area contributed by atoms with Crippen molar-refractivity contribution in [2.75, 3.05) is 0 Å². The summed E-state index contributed by atoms with van der Waals surface area (Å²) in [6.07, 6.45) is -4.42. The van der Waals surface area contributed by atoms with Gasteiger partial charge in [-0.1, -0.05) is 17.8 Å². The van der Waals surface area contributed by atoms with Gasteiger partial charge in [-0.15, -0.1) is 0 Å². The molecule has 0 radical (unpaired) electrons. The second kappa shape index (κ2) is 8.19. The highest BCUT2D eigenvalue weighted by molar-refractivity contribution is 8.03. The van der Waals surface area contributed by atoms with Crippen LogP contribution in [-0.4, -0.2) is 27.1 Å². The number of amides is 1. The van der Waals surface area contributed by atoms with Crippen molar-refractivity contribution >= 4 is 29.3 Å². The Labute approximate surface area is 182 Å². The minimum Gasteiger partial charge on any atom is -0.456 e. The number of nitro groups is 1. The van der Waals surface area contributed by atoms with Crippen LogP contribution in [0.5, 0.6) is 5.75 Å². The summed E-state index contributed by atoms with van der Waals surface area (Å²) in [5, 5.41) is 10.3. The average molecular weight is 466 g/mol. The van der Waals surface area contributed by atoms with Crippen LogP contribution < -0.4 is 4.74 Å². The van der Waals surface area contributed by atoms with Gasteiger partial charge in [0.25, 0.3) is 5.69 Å². The number of non-ortho nitro benzene ring substituents is 1. The van der Waals surface area contributed by atoms with Gasteiger partial charge < -0.3 is 9.47 Å². The maximum Gasteiger partial charge on any atom is 0.416 e. The number of nitrogens with zero attached hydrogens (tertiary/aromatic N) is 2. The van der Waals surface area contributed by atoms with Gasteiger partial charge in [0.05, 0.1) is 22.3 Å².